The van der Waals surface area contributed by atoms with Gasteiger partial charge in [-0.2, -0.15) is 0 Å². The summed E-state index contributed by atoms with van der Waals surface area (Å²) in [6.45, 7) is 3.52. The van der Waals surface area contributed by atoms with Crippen molar-refractivity contribution in [2.24, 2.45) is 0 Å². The van der Waals surface area contributed by atoms with Gasteiger partial charge in [0.25, 0.3) is 11.8 Å². The maximum absolute atomic E-state index is 13.0. The predicted molar refractivity (Wildman–Crippen MR) is 114 cm³/mol. The highest BCUT2D eigenvalue weighted by atomic mass is 19.1. The summed E-state index contributed by atoms with van der Waals surface area (Å²) in [5, 5.41) is 0. The number of rotatable bonds is 5. The number of fused-ring (bicyclic) bond motifs is 1. The molecule has 2 aliphatic heterocycles. The summed E-state index contributed by atoms with van der Waals surface area (Å²) in [5.41, 5.74) is 2.40. The van der Waals surface area contributed by atoms with Gasteiger partial charge in [0.15, 0.2) is 0 Å². The fraction of sp³-hybridized carbons (Fsp3) is 0.333. The summed E-state index contributed by atoms with van der Waals surface area (Å²) in [7, 11) is 0. The van der Waals surface area contributed by atoms with E-state index in [9.17, 15) is 23.6 Å². The zero-order chi connectivity index (χ0) is 22.8. The maximum atomic E-state index is 13.0. The highest BCUT2D eigenvalue weighted by Gasteiger charge is 2.36. The first-order valence-electron chi connectivity index (χ1n) is 10.6. The van der Waals surface area contributed by atoms with E-state index in [-0.39, 0.29) is 48.8 Å². The van der Waals surface area contributed by atoms with Gasteiger partial charge in [-0.05, 0) is 36.8 Å². The van der Waals surface area contributed by atoms with Gasteiger partial charge in [0, 0.05) is 39.1 Å². The van der Waals surface area contributed by atoms with Gasteiger partial charge >= 0.3 is 0 Å². The summed E-state index contributed by atoms with van der Waals surface area (Å²) in [6.07, 6.45) is 0.238. The molecule has 0 aromatic heterocycles. The van der Waals surface area contributed by atoms with Crippen LogP contribution >= 0.6 is 0 Å². The van der Waals surface area contributed by atoms with Crippen molar-refractivity contribution in [2.75, 3.05) is 32.7 Å². The van der Waals surface area contributed by atoms with E-state index in [0.717, 1.165) is 16.0 Å². The summed E-state index contributed by atoms with van der Waals surface area (Å²) in [5.74, 6) is -1.29. The fourth-order valence-corrected chi connectivity index (χ4v) is 4.07. The number of aryl methyl sites for hydroxylation is 1. The Labute approximate surface area is 185 Å². The third kappa shape index (κ3) is 4.39. The van der Waals surface area contributed by atoms with Crippen LogP contribution in [0, 0.1) is 12.7 Å². The molecule has 0 N–H and O–H groups in total. The topological polar surface area (TPSA) is 78.0 Å². The molecule has 4 amide bonds. The third-order valence-electron chi connectivity index (χ3n) is 5.93. The highest BCUT2D eigenvalue weighted by Crippen LogP contribution is 2.24. The van der Waals surface area contributed by atoms with Crippen LogP contribution in [0.25, 0.3) is 0 Å². The molecule has 0 radical (unpaired) electrons. The van der Waals surface area contributed by atoms with Crippen molar-refractivity contribution < 1.29 is 23.6 Å². The van der Waals surface area contributed by atoms with Gasteiger partial charge in [-0.25, -0.2) is 4.39 Å². The number of nitrogens with zero attached hydrogens (tertiary/aromatic N) is 3. The molecule has 4 rings (SSSR count). The minimum Gasteiger partial charge on any atom is -0.339 e. The van der Waals surface area contributed by atoms with E-state index >= 15 is 0 Å². The molecular weight excluding hydrogens is 413 g/mol. The quantitative estimate of drug-likeness (QED) is 0.671. The lowest BCUT2D eigenvalue weighted by atomic mass is 10.1. The molecule has 2 aliphatic rings. The summed E-state index contributed by atoms with van der Waals surface area (Å²) >= 11 is 0. The number of carbonyl (C=O) groups excluding carboxylic acids is 4. The molecule has 2 aromatic rings. The number of imide groups is 1. The zero-order valence-corrected chi connectivity index (χ0v) is 17.8. The maximum Gasteiger partial charge on any atom is 0.261 e. The Hall–Kier alpha value is -3.55. The molecule has 0 atom stereocenters. The number of hydrogen-bond acceptors (Lipinski definition) is 4. The molecule has 1 fully saturated rings. The van der Waals surface area contributed by atoms with E-state index < -0.39 is 0 Å². The van der Waals surface area contributed by atoms with Crippen LogP contribution in [0.4, 0.5) is 4.39 Å². The van der Waals surface area contributed by atoms with E-state index in [1.165, 1.54) is 12.1 Å². The van der Waals surface area contributed by atoms with Gasteiger partial charge in [0.05, 0.1) is 17.5 Å². The average Bonchev–Trinajstić information content (AvgIpc) is 3.02. The lowest BCUT2D eigenvalue weighted by Crippen LogP contribution is -2.51. The molecular formula is C24H24FN3O4. The van der Waals surface area contributed by atoms with Crippen LogP contribution in [-0.4, -0.2) is 71.1 Å². The standard InChI is InChI=1S/C24H24FN3O4/c1-16-2-7-19-20(14-16)24(32)28(23(19)31)9-8-21(29)26-10-12-27(13-11-26)22(30)15-17-3-5-18(25)6-4-17/h2-7,14H,8-13,15H2,1H3. The lowest BCUT2D eigenvalue weighted by molar-refractivity contribution is -0.139. The summed E-state index contributed by atoms with van der Waals surface area (Å²) in [4.78, 5) is 54.7. The Bertz CT molecular complexity index is 1080. The van der Waals surface area contributed by atoms with Crippen LogP contribution in [0.2, 0.25) is 0 Å². The van der Waals surface area contributed by atoms with Gasteiger partial charge < -0.3 is 9.80 Å². The second-order valence-electron chi connectivity index (χ2n) is 8.13. The van der Waals surface area contributed by atoms with Crippen LogP contribution in [0.5, 0.6) is 0 Å². The van der Waals surface area contributed by atoms with Crippen LogP contribution in [0.3, 0.4) is 0 Å². The second-order valence-corrected chi connectivity index (χ2v) is 8.13. The van der Waals surface area contributed by atoms with Crippen LogP contribution in [-0.2, 0) is 16.0 Å². The van der Waals surface area contributed by atoms with Crippen LogP contribution in [0.15, 0.2) is 42.5 Å². The monoisotopic (exact) mass is 437 g/mol. The second kappa shape index (κ2) is 8.90. The fourth-order valence-electron chi connectivity index (χ4n) is 4.07. The van der Waals surface area contributed by atoms with Gasteiger partial charge in [-0.1, -0.05) is 23.8 Å². The Morgan fingerprint density at radius 2 is 1.44 bits per heavy atom. The number of hydrogen-bond donors (Lipinski definition) is 0. The Kier molecular flexibility index (Phi) is 6.03. The van der Waals surface area contributed by atoms with Crippen LogP contribution in [0.1, 0.15) is 38.3 Å². The van der Waals surface area contributed by atoms with Crippen molar-refractivity contribution in [1.29, 1.82) is 0 Å². The van der Waals surface area contributed by atoms with Gasteiger partial charge in [-0.15, -0.1) is 0 Å². The SMILES string of the molecule is Cc1ccc2c(c1)C(=O)N(CCC(=O)N1CCN(C(=O)Cc3ccc(F)cc3)CC1)C2=O. The van der Waals surface area contributed by atoms with E-state index in [1.807, 2.05) is 6.92 Å². The largest absolute Gasteiger partial charge is 0.339 e. The number of benzene rings is 2. The number of carbonyl (C=O) groups is 4. The van der Waals surface area contributed by atoms with Gasteiger partial charge in [0.1, 0.15) is 5.82 Å². The molecule has 0 saturated carbocycles. The minimum absolute atomic E-state index is 0.0357. The minimum atomic E-state index is -0.367. The average molecular weight is 437 g/mol. The van der Waals surface area contributed by atoms with Crippen molar-refractivity contribution in [2.45, 2.75) is 19.8 Å². The smallest absolute Gasteiger partial charge is 0.261 e. The molecule has 166 valence electrons. The number of halogens is 1. The number of amides is 4. The molecule has 0 aliphatic carbocycles. The zero-order valence-electron chi connectivity index (χ0n) is 17.8. The van der Waals surface area contributed by atoms with E-state index in [2.05, 4.69) is 0 Å². The Morgan fingerprint density at radius 1 is 0.844 bits per heavy atom. The molecule has 0 spiro atoms. The van der Waals surface area contributed by atoms with Crippen molar-refractivity contribution in [3.63, 3.8) is 0 Å². The van der Waals surface area contributed by atoms with E-state index in [1.54, 1.807) is 40.1 Å². The number of piperazine rings is 1. The van der Waals surface area contributed by atoms with Gasteiger partial charge in [-0.3, -0.25) is 24.1 Å². The molecule has 0 unspecified atom stereocenters. The van der Waals surface area contributed by atoms with Crippen molar-refractivity contribution >= 4 is 23.6 Å². The lowest BCUT2D eigenvalue weighted by Gasteiger charge is -2.35. The Morgan fingerprint density at radius 3 is 2.09 bits per heavy atom. The van der Waals surface area contributed by atoms with Crippen molar-refractivity contribution in [3.05, 3.63) is 70.5 Å². The molecule has 2 aromatic carbocycles. The van der Waals surface area contributed by atoms with Crippen molar-refractivity contribution in [1.82, 2.24) is 14.7 Å². The van der Waals surface area contributed by atoms with E-state index in [0.29, 0.717) is 37.3 Å². The predicted octanol–water partition coefficient (Wildman–Crippen LogP) is 2.03. The summed E-state index contributed by atoms with van der Waals surface area (Å²) in [6, 6.07) is 11.0. The molecule has 1 saturated heterocycles. The first kappa shape index (κ1) is 21.7. The first-order chi connectivity index (χ1) is 15.3. The van der Waals surface area contributed by atoms with Gasteiger partial charge in [0.2, 0.25) is 11.8 Å². The molecule has 8 heteroatoms. The molecule has 7 nitrogen and oxygen atoms in total. The van der Waals surface area contributed by atoms with Crippen LogP contribution < -0.4 is 0 Å². The van der Waals surface area contributed by atoms with E-state index in [4.69, 9.17) is 0 Å². The normalized spacial score (nSPS) is 15.9. The first-order valence-corrected chi connectivity index (χ1v) is 10.6. The Balaban J connectivity index is 1.26. The van der Waals surface area contributed by atoms with Crippen molar-refractivity contribution in [3.8, 4) is 0 Å². The molecule has 2 heterocycles. The third-order valence-corrected chi connectivity index (χ3v) is 5.93. The summed E-state index contributed by atoms with van der Waals surface area (Å²) < 4.78 is 13.0. The molecule has 0 bridgehead atoms. The highest BCUT2D eigenvalue weighted by molar-refractivity contribution is 6.21. The molecule has 32 heavy (non-hydrogen) atoms.